The molecule has 0 aliphatic carbocycles. The molecule has 0 fully saturated rings. The van der Waals surface area contributed by atoms with Gasteiger partial charge in [0.1, 0.15) is 11.0 Å². The third-order valence-electron chi connectivity index (χ3n) is 4.86. The van der Waals surface area contributed by atoms with Gasteiger partial charge in [0.15, 0.2) is 0 Å². The average molecular weight is 428 g/mol. The average Bonchev–Trinajstić information content (AvgIpc) is 2.62. The molecule has 28 heavy (non-hydrogen) atoms. The second-order valence-corrected chi connectivity index (χ2v) is 9.15. The second kappa shape index (κ2) is 20.5. The molecule has 0 aliphatic heterocycles. The van der Waals surface area contributed by atoms with Crippen LogP contribution in [0.2, 0.25) is 0 Å². The van der Waals surface area contributed by atoms with Crippen molar-refractivity contribution in [3.63, 3.8) is 0 Å². The third kappa shape index (κ3) is 19.6. The van der Waals surface area contributed by atoms with Crippen LogP contribution in [0.25, 0.3) is 0 Å². The van der Waals surface area contributed by atoms with E-state index in [2.05, 4.69) is 19.1 Å². The summed E-state index contributed by atoms with van der Waals surface area (Å²) in [4.78, 5) is 11.8. The predicted octanol–water partition coefficient (Wildman–Crippen LogP) is 4.55. The molecule has 7 heteroatoms. The number of allylic oxidation sites excluding steroid dienone is 2. The molecule has 0 heterocycles. The predicted molar refractivity (Wildman–Crippen MR) is 121 cm³/mol. The van der Waals surface area contributed by atoms with Crippen LogP contribution in [0.3, 0.4) is 0 Å². The van der Waals surface area contributed by atoms with Crippen molar-refractivity contribution < 1.29 is 17.8 Å². The van der Waals surface area contributed by atoms with Crippen molar-refractivity contribution in [2.24, 2.45) is 5.73 Å². The first-order valence-electron chi connectivity index (χ1n) is 10.7. The normalized spacial score (nSPS) is 12.8. The summed E-state index contributed by atoms with van der Waals surface area (Å²) in [5.74, 6) is -0.138. The van der Waals surface area contributed by atoms with Gasteiger partial charge in [0.05, 0.1) is 0 Å². The Morgan fingerprint density at radius 3 is 1.82 bits per heavy atom. The molecule has 0 aliphatic rings. The van der Waals surface area contributed by atoms with Gasteiger partial charge < -0.3 is 5.73 Å². The molecule has 162 valence electrons. The fourth-order valence-electron chi connectivity index (χ4n) is 3.06. The molecule has 0 bridgehead atoms. The summed E-state index contributed by atoms with van der Waals surface area (Å²) < 4.78 is 31.0. The van der Waals surface area contributed by atoms with Crippen molar-refractivity contribution >= 4 is 45.5 Å². The van der Waals surface area contributed by atoms with Crippen molar-refractivity contribution in [3.05, 3.63) is 12.2 Å². The van der Waals surface area contributed by atoms with Gasteiger partial charge in [-0.1, -0.05) is 70.4 Å². The van der Waals surface area contributed by atoms with E-state index in [0.717, 1.165) is 32.1 Å². The summed E-state index contributed by atoms with van der Waals surface area (Å²) in [6.07, 6.45) is 20.3. The SMILES string of the molecule is CCCCCCCCC=CCCCCCCCC(=O)CC(CN)S(=O)(=O)O.[NaH]. The number of ketones is 1. The minimum atomic E-state index is -4.22. The van der Waals surface area contributed by atoms with Gasteiger partial charge in [0.2, 0.25) is 0 Å². The summed E-state index contributed by atoms with van der Waals surface area (Å²) >= 11 is 0. The first kappa shape index (κ1) is 30.5. The van der Waals surface area contributed by atoms with Gasteiger partial charge in [-0.15, -0.1) is 0 Å². The Labute approximate surface area is 195 Å². The Morgan fingerprint density at radius 1 is 0.893 bits per heavy atom. The van der Waals surface area contributed by atoms with Crippen molar-refractivity contribution in [1.29, 1.82) is 0 Å². The van der Waals surface area contributed by atoms with Crippen LogP contribution < -0.4 is 5.73 Å². The standard InChI is InChI=1S/C21H41NO4S.Na.H/c1-2-3-4-5-6-7-8-9-10-11-12-13-14-15-16-17-20(23)18-21(19-22)27(24,25)26;;/h9-10,21H,2-8,11-19,22H2,1H3,(H,24,25,26);;. The molecular weight excluding hydrogens is 385 g/mol. The fraction of sp³-hybridized carbons (Fsp3) is 0.857. The molecule has 3 N–H and O–H groups in total. The molecule has 1 atom stereocenters. The van der Waals surface area contributed by atoms with Crippen LogP contribution in [-0.4, -0.2) is 60.1 Å². The Bertz CT molecular complexity index is 495. The van der Waals surface area contributed by atoms with Gasteiger partial charge >= 0.3 is 29.6 Å². The second-order valence-electron chi connectivity index (χ2n) is 7.45. The van der Waals surface area contributed by atoms with Gasteiger partial charge in [-0.25, -0.2) is 0 Å². The minimum absolute atomic E-state index is 0. The first-order valence-corrected chi connectivity index (χ1v) is 12.2. The molecule has 0 aromatic heterocycles. The summed E-state index contributed by atoms with van der Waals surface area (Å²) in [6, 6.07) is 0. The molecule has 0 amide bonds. The van der Waals surface area contributed by atoms with E-state index < -0.39 is 15.4 Å². The van der Waals surface area contributed by atoms with E-state index in [4.69, 9.17) is 10.3 Å². The molecule has 0 spiro atoms. The molecule has 0 radical (unpaired) electrons. The van der Waals surface area contributed by atoms with Crippen molar-refractivity contribution in [1.82, 2.24) is 0 Å². The van der Waals surface area contributed by atoms with Crippen LogP contribution in [0.4, 0.5) is 0 Å². The molecule has 1 unspecified atom stereocenters. The summed E-state index contributed by atoms with van der Waals surface area (Å²) in [5, 5.41) is -1.16. The number of nitrogens with two attached hydrogens (primary N) is 1. The molecular formula is C21H42NNaO4S. The summed E-state index contributed by atoms with van der Waals surface area (Å²) in [5.41, 5.74) is 5.30. The monoisotopic (exact) mass is 427 g/mol. The maximum absolute atomic E-state index is 11.8. The summed E-state index contributed by atoms with van der Waals surface area (Å²) in [6.45, 7) is 2.02. The topological polar surface area (TPSA) is 97.5 Å². The van der Waals surface area contributed by atoms with Gasteiger partial charge in [0, 0.05) is 19.4 Å². The number of unbranched alkanes of at least 4 members (excludes halogenated alkanes) is 11. The number of hydrogen-bond acceptors (Lipinski definition) is 4. The van der Waals surface area contributed by atoms with Crippen molar-refractivity contribution in [3.8, 4) is 0 Å². The van der Waals surface area contributed by atoms with E-state index in [1.165, 1.54) is 51.4 Å². The van der Waals surface area contributed by atoms with Crippen LogP contribution >= 0.6 is 0 Å². The summed E-state index contributed by atoms with van der Waals surface area (Å²) in [7, 11) is -4.22. The van der Waals surface area contributed by atoms with Gasteiger partial charge in [-0.05, 0) is 32.1 Å². The van der Waals surface area contributed by atoms with Crippen molar-refractivity contribution in [2.45, 2.75) is 108 Å². The van der Waals surface area contributed by atoms with E-state index in [0.29, 0.717) is 6.42 Å². The van der Waals surface area contributed by atoms with Crippen LogP contribution in [0.1, 0.15) is 103 Å². The Hall–Kier alpha value is 0.280. The Balaban J connectivity index is 0. The van der Waals surface area contributed by atoms with Crippen LogP contribution in [0.15, 0.2) is 12.2 Å². The van der Waals surface area contributed by atoms with Gasteiger partial charge in [0.25, 0.3) is 10.1 Å². The fourth-order valence-corrected chi connectivity index (χ4v) is 3.70. The Kier molecular flexibility index (Phi) is 22.4. The molecule has 0 aromatic carbocycles. The molecule has 5 nitrogen and oxygen atoms in total. The van der Waals surface area contributed by atoms with E-state index in [1.54, 1.807) is 0 Å². The number of Topliss-reactive ketones (excluding diaryl/α,β-unsaturated/α-hetero) is 1. The number of carbonyl (C=O) groups excluding carboxylic acids is 1. The zero-order valence-electron chi connectivity index (χ0n) is 17.2. The molecule has 0 rings (SSSR count). The molecule has 0 aromatic rings. The van der Waals surface area contributed by atoms with Crippen molar-refractivity contribution in [2.75, 3.05) is 6.54 Å². The quantitative estimate of drug-likeness (QED) is 0.136. The number of hydrogen-bond donors (Lipinski definition) is 2. The van der Waals surface area contributed by atoms with E-state index in [9.17, 15) is 13.2 Å². The van der Waals surface area contributed by atoms with Crippen LogP contribution in [0, 0.1) is 0 Å². The zero-order chi connectivity index (χ0) is 20.4. The first-order chi connectivity index (χ1) is 12.9. The van der Waals surface area contributed by atoms with Gasteiger partial charge in [-0.2, -0.15) is 8.42 Å². The van der Waals surface area contributed by atoms with E-state index in [1.807, 2.05) is 0 Å². The van der Waals surface area contributed by atoms with Crippen LogP contribution in [-0.2, 0) is 14.9 Å². The van der Waals surface area contributed by atoms with Crippen LogP contribution in [0.5, 0.6) is 0 Å². The van der Waals surface area contributed by atoms with Gasteiger partial charge in [-0.3, -0.25) is 9.35 Å². The maximum atomic E-state index is 11.8. The molecule has 0 saturated carbocycles. The van der Waals surface area contributed by atoms with E-state index in [-0.39, 0.29) is 48.3 Å². The molecule has 0 saturated heterocycles. The third-order valence-corrected chi connectivity index (χ3v) is 6.06. The zero-order valence-corrected chi connectivity index (χ0v) is 18.0. The number of carbonyl (C=O) groups is 1. The Morgan fingerprint density at radius 2 is 1.36 bits per heavy atom. The number of rotatable bonds is 19. The van der Waals surface area contributed by atoms with E-state index >= 15 is 0 Å².